The molecule has 0 aromatic rings. The van der Waals surface area contributed by atoms with Crippen LogP contribution in [0.5, 0.6) is 0 Å². The Bertz CT molecular complexity index is 494. The first kappa shape index (κ1) is 19.6. The molecule has 1 rings (SSSR count). The van der Waals surface area contributed by atoms with Crippen molar-refractivity contribution < 1.29 is 0 Å². The fraction of sp³-hybridized carbons (Fsp3) is 0.619. The van der Waals surface area contributed by atoms with Crippen LogP contribution in [0.2, 0.25) is 0 Å². The molecule has 1 aliphatic rings. The topological polar surface area (TPSA) is 6.48 Å². The summed E-state index contributed by atoms with van der Waals surface area (Å²) in [6.07, 6.45) is 8.70. The average Bonchev–Trinajstić information content (AvgIpc) is 2.86. The summed E-state index contributed by atoms with van der Waals surface area (Å²) in [5, 5.41) is 0. The van der Waals surface area contributed by atoms with E-state index in [1.807, 2.05) is 0 Å². The Morgan fingerprint density at radius 1 is 1.13 bits per heavy atom. The molecule has 0 N–H and O–H groups in total. The van der Waals surface area contributed by atoms with Gasteiger partial charge in [0.15, 0.2) is 0 Å². The molecule has 0 aromatic heterocycles. The molecule has 0 aromatic carbocycles. The average molecular weight is 317 g/mol. The molecule has 2 nitrogen and oxygen atoms in total. The van der Waals surface area contributed by atoms with Crippen molar-refractivity contribution in [3.8, 4) is 0 Å². The monoisotopic (exact) mass is 316 g/mol. The molecule has 23 heavy (non-hydrogen) atoms. The Morgan fingerprint density at radius 2 is 1.74 bits per heavy atom. The zero-order chi connectivity index (χ0) is 17.7. The SMILES string of the molecule is C=C(C(C(C)C)C(C)C(C)C)N1C=C(C(/C=C\C)=C/C)N(C)C1. The van der Waals surface area contributed by atoms with Crippen molar-refractivity contribution in [3.63, 3.8) is 0 Å². The summed E-state index contributed by atoms with van der Waals surface area (Å²) in [6, 6.07) is 0. The van der Waals surface area contributed by atoms with Crippen LogP contribution in [-0.2, 0) is 0 Å². The molecule has 2 heteroatoms. The van der Waals surface area contributed by atoms with E-state index >= 15 is 0 Å². The van der Waals surface area contributed by atoms with Gasteiger partial charge >= 0.3 is 0 Å². The highest BCUT2D eigenvalue weighted by molar-refractivity contribution is 5.40. The predicted molar refractivity (Wildman–Crippen MR) is 103 cm³/mol. The fourth-order valence-corrected chi connectivity index (χ4v) is 3.47. The predicted octanol–water partition coefficient (Wildman–Crippen LogP) is 5.63. The van der Waals surface area contributed by atoms with E-state index in [0.717, 1.165) is 6.67 Å². The number of rotatable bonds is 7. The minimum Gasteiger partial charge on any atom is -0.355 e. The molecule has 0 fully saturated rings. The third kappa shape index (κ3) is 4.53. The Balaban J connectivity index is 3.06. The molecule has 0 saturated carbocycles. The summed E-state index contributed by atoms with van der Waals surface area (Å²) in [6.45, 7) is 21.1. The first-order chi connectivity index (χ1) is 10.7. The largest absolute Gasteiger partial charge is 0.355 e. The van der Waals surface area contributed by atoms with Gasteiger partial charge in [-0.2, -0.15) is 0 Å². The molecule has 0 spiro atoms. The maximum absolute atomic E-state index is 4.48. The van der Waals surface area contributed by atoms with Gasteiger partial charge in [-0.25, -0.2) is 0 Å². The summed E-state index contributed by atoms with van der Waals surface area (Å²) >= 11 is 0. The Labute approximate surface area is 144 Å². The minimum atomic E-state index is 0.509. The van der Waals surface area contributed by atoms with Crippen LogP contribution in [0, 0.1) is 23.7 Å². The van der Waals surface area contributed by atoms with Crippen LogP contribution < -0.4 is 0 Å². The van der Waals surface area contributed by atoms with Crippen molar-refractivity contribution in [1.29, 1.82) is 0 Å². The lowest BCUT2D eigenvalue weighted by Gasteiger charge is -2.36. The lowest BCUT2D eigenvalue weighted by molar-refractivity contribution is 0.202. The summed E-state index contributed by atoms with van der Waals surface area (Å²) in [5.41, 5.74) is 3.79. The highest BCUT2D eigenvalue weighted by Gasteiger charge is 2.31. The molecule has 0 amide bonds. The van der Waals surface area contributed by atoms with Crippen LogP contribution in [0.25, 0.3) is 0 Å². The maximum atomic E-state index is 4.48. The highest BCUT2D eigenvalue weighted by Crippen LogP contribution is 2.36. The van der Waals surface area contributed by atoms with Crippen molar-refractivity contribution in [1.82, 2.24) is 9.80 Å². The van der Waals surface area contributed by atoms with E-state index < -0.39 is 0 Å². The summed E-state index contributed by atoms with van der Waals surface area (Å²) in [5.74, 6) is 2.40. The van der Waals surface area contributed by atoms with Gasteiger partial charge in [0, 0.05) is 24.9 Å². The Hall–Kier alpha value is -1.44. The lowest BCUT2D eigenvalue weighted by Crippen LogP contribution is -2.32. The summed E-state index contributed by atoms with van der Waals surface area (Å²) in [4.78, 5) is 4.64. The first-order valence-electron chi connectivity index (χ1n) is 8.92. The minimum absolute atomic E-state index is 0.509. The van der Waals surface area contributed by atoms with E-state index in [-0.39, 0.29) is 0 Å². The number of hydrogen-bond acceptors (Lipinski definition) is 2. The van der Waals surface area contributed by atoms with Gasteiger partial charge in [0.05, 0.1) is 12.4 Å². The third-order valence-electron chi connectivity index (χ3n) is 5.10. The number of hydrogen-bond donors (Lipinski definition) is 0. The molecule has 1 aliphatic heterocycles. The second-order valence-electron chi connectivity index (χ2n) is 7.43. The van der Waals surface area contributed by atoms with Crippen LogP contribution in [0.3, 0.4) is 0 Å². The molecular weight excluding hydrogens is 280 g/mol. The molecule has 130 valence electrons. The normalized spacial score (nSPS) is 19.0. The van der Waals surface area contributed by atoms with Crippen LogP contribution in [0.15, 0.2) is 48.0 Å². The fourth-order valence-electron chi connectivity index (χ4n) is 3.47. The summed E-state index contributed by atoms with van der Waals surface area (Å²) < 4.78 is 0. The van der Waals surface area contributed by atoms with E-state index in [0.29, 0.717) is 23.7 Å². The molecule has 0 bridgehead atoms. The molecule has 1 heterocycles. The van der Waals surface area contributed by atoms with Crippen LogP contribution in [0.4, 0.5) is 0 Å². The van der Waals surface area contributed by atoms with E-state index in [9.17, 15) is 0 Å². The highest BCUT2D eigenvalue weighted by atomic mass is 15.3. The van der Waals surface area contributed by atoms with Gasteiger partial charge in [-0.1, -0.05) is 59.4 Å². The smallest absolute Gasteiger partial charge is 0.0941 e. The first-order valence-corrected chi connectivity index (χ1v) is 8.92. The van der Waals surface area contributed by atoms with Crippen LogP contribution >= 0.6 is 0 Å². The van der Waals surface area contributed by atoms with Gasteiger partial charge in [-0.3, -0.25) is 0 Å². The summed E-state index contributed by atoms with van der Waals surface area (Å²) in [7, 11) is 2.16. The van der Waals surface area contributed by atoms with Crippen molar-refractivity contribution >= 4 is 0 Å². The quantitative estimate of drug-likeness (QED) is 0.561. The van der Waals surface area contributed by atoms with E-state index in [2.05, 4.69) is 96.3 Å². The van der Waals surface area contributed by atoms with Gasteiger partial charge in [0.25, 0.3) is 0 Å². The van der Waals surface area contributed by atoms with Crippen molar-refractivity contribution in [3.05, 3.63) is 48.0 Å². The zero-order valence-electron chi connectivity index (χ0n) is 16.4. The Morgan fingerprint density at radius 3 is 2.17 bits per heavy atom. The number of allylic oxidation sites excluding steroid dienone is 4. The van der Waals surface area contributed by atoms with Gasteiger partial charge in [0.1, 0.15) is 0 Å². The molecular formula is C21H36N2. The standard InChI is InChI=1S/C21H36N2/c1-10-12-19(11-2)20-13-23(14-22(20)9)18(8)21(16(5)6)17(7)15(3)4/h10-13,15-17,21H,8,14H2,1-7,9H3/b12-10-,19-11+. The second kappa shape index (κ2) is 8.42. The van der Waals surface area contributed by atoms with E-state index in [4.69, 9.17) is 0 Å². The van der Waals surface area contributed by atoms with E-state index in [1.165, 1.54) is 17.0 Å². The van der Waals surface area contributed by atoms with Gasteiger partial charge in [-0.15, -0.1) is 0 Å². The number of likely N-dealkylation sites (N-methyl/N-ethyl adjacent to an activating group) is 1. The van der Waals surface area contributed by atoms with Crippen molar-refractivity contribution in [2.45, 2.75) is 48.5 Å². The van der Waals surface area contributed by atoms with Gasteiger partial charge in [0.2, 0.25) is 0 Å². The zero-order valence-corrected chi connectivity index (χ0v) is 16.4. The molecule has 2 unspecified atom stereocenters. The molecule has 0 saturated heterocycles. The number of nitrogens with zero attached hydrogens (tertiary/aromatic N) is 2. The van der Waals surface area contributed by atoms with Gasteiger partial charge < -0.3 is 9.80 Å². The van der Waals surface area contributed by atoms with Crippen LogP contribution in [-0.4, -0.2) is 23.5 Å². The van der Waals surface area contributed by atoms with Crippen molar-refractivity contribution in [2.24, 2.45) is 23.7 Å². The second-order valence-corrected chi connectivity index (χ2v) is 7.43. The Kier molecular flexibility index (Phi) is 7.18. The van der Waals surface area contributed by atoms with E-state index in [1.54, 1.807) is 0 Å². The van der Waals surface area contributed by atoms with Crippen LogP contribution in [0.1, 0.15) is 48.5 Å². The lowest BCUT2D eigenvalue weighted by atomic mass is 9.76. The van der Waals surface area contributed by atoms with Crippen molar-refractivity contribution in [2.75, 3.05) is 13.7 Å². The maximum Gasteiger partial charge on any atom is 0.0941 e. The third-order valence-corrected chi connectivity index (χ3v) is 5.10. The molecule has 0 radical (unpaired) electrons. The molecule has 2 atom stereocenters. The molecule has 0 aliphatic carbocycles. The van der Waals surface area contributed by atoms with Gasteiger partial charge in [-0.05, 0) is 37.2 Å².